The summed E-state index contributed by atoms with van der Waals surface area (Å²) in [6, 6.07) is 56.3. The van der Waals surface area contributed by atoms with Gasteiger partial charge in [0.25, 0.3) is 0 Å². The zero-order chi connectivity index (χ0) is 33.9. The fraction of sp³-hybridized carbons (Fsp3) is 0.0444. The average Bonchev–Trinajstić information content (AvgIpc) is 3.18. The van der Waals surface area contributed by atoms with E-state index < -0.39 is 0 Å². The first-order chi connectivity index (χ1) is 24.6. The Hall–Kier alpha value is -6.59. The second-order valence-corrected chi connectivity index (χ2v) is 12.3. The fourth-order valence-corrected chi connectivity index (χ4v) is 6.13. The van der Waals surface area contributed by atoms with Gasteiger partial charge in [0.1, 0.15) is 0 Å². The topological polar surface area (TPSA) is 64.5 Å². The number of nitrogens with zero attached hydrogens (tertiary/aromatic N) is 5. The molecule has 0 aliphatic carbocycles. The van der Waals surface area contributed by atoms with Gasteiger partial charge in [-0.15, -0.1) is 0 Å². The van der Waals surface area contributed by atoms with E-state index in [-0.39, 0.29) is 0 Å². The largest absolute Gasteiger partial charge is 0.233 e. The van der Waals surface area contributed by atoms with Crippen molar-refractivity contribution in [2.45, 2.75) is 13.8 Å². The molecule has 0 spiro atoms. The molecular weight excluding hydrogens is 611 g/mol. The molecule has 0 radical (unpaired) electrons. The third-order valence-corrected chi connectivity index (χ3v) is 8.74. The van der Waals surface area contributed by atoms with Gasteiger partial charge in [-0.05, 0) is 53.3 Å². The highest BCUT2D eigenvalue weighted by Crippen LogP contribution is 2.30. The van der Waals surface area contributed by atoms with E-state index in [1.165, 1.54) is 11.1 Å². The van der Waals surface area contributed by atoms with Crippen LogP contribution >= 0.6 is 0 Å². The maximum Gasteiger partial charge on any atom is 0.164 e. The predicted octanol–water partition coefficient (Wildman–Crippen LogP) is 10.9. The highest BCUT2D eigenvalue weighted by molar-refractivity contribution is 5.74. The first kappa shape index (κ1) is 30.7. The first-order valence-electron chi connectivity index (χ1n) is 16.7. The molecule has 0 aliphatic rings. The van der Waals surface area contributed by atoms with Crippen LogP contribution in [0.25, 0.3) is 78.9 Å². The number of aryl methyl sites for hydroxylation is 2. The number of benzene rings is 6. The van der Waals surface area contributed by atoms with Crippen LogP contribution in [0.1, 0.15) is 11.4 Å². The Balaban J connectivity index is 1.13. The van der Waals surface area contributed by atoms with Gasteiger partial charge in [0, 0.05) is 33.6 Å². The van der Waals surface area contributed by atoms with E-state index in [0.29, 0.717) is 17.5 Å². The Kier molecular flexibility index (Phi) is 8.29. The third kappa shape index (κ3) is 6.58. The van der Waals surface area contributed by atoms with Gasteiger partial charge in [-0.1, -0.05) is 158 Å². The van der Waals surface area contributed by atoms with E-state index in [1.807, 2.05) is 32.0 Å². The zero-order valence-electron chi connectivity index (χ0n) is 27.8. The SMILES string of the molecule is Cc1cc(C)nc(-c2ccc(-c3ccc(-c4nc(-c5ccc(-c6ccccc6)cc5)nc(-c5ccc(-c6ccccc6)cc5)n4)cc3)cc2)n1. The minimum atomic E-state index is 0.623. The average molecular weight is 644 g/mol. The molecule has 0 aliphatic heterocycles. The van der Waals surface area contributed by atoms with E-state index >= 15 is 0 Å². The lowest BCUT2D eigenvalue weighted by molar-refractivity contribution is 1.06. The van der Waals surface area contributed by atoms with E-state index in [0.717, 1.165) is 61.7 Å². The Bertz CT molecular complexity index is 2270. The number of hydrogen-bond acceptors (Lipinski definition) is 5. The molecule has 0 bridgehead atoms. The standard InChI is InChI=1S/C45H33N5/c1-30-29-31(2)47-42(46-30)38-21-17-36(18-22-38)37-19-27-41(28-20-37)45-49-43(39-23-13-34(14-24-39)32-9-5-3-6-10-32)48-44(50-45)40-25-15-35(16-26-40)33-11-7-4-8-12-33/h3-29H,1-2H3. The summed E-state index contributed by atoms with van der Waals surface area (Å²) in [6.07, 6.45) is 0. The third-order valence-electron chi connectivity index (χ3n) is 8.74. The van der Waals surface area contributed by atoms with E-state index in [1.54, 1.807) is 0 Å². The Morgan fingerprint density at radius 3 is 0.740 bits per heavy atom. The van der Waals surface area contributed by atoms with Crippen molar-refractivity contribution in [2.75, 3.05) is 0 Å². The smallest absolute Gasteiger partial charge is 0.164 e. The first-order valence-corrected chi connectivity index (χ1v) is 16.7. The lowest BCUT2D eigenvalue weighted by atomic mass is 10.0. The Labute approximate surface area is 292 Å². The van der Waals surface area contributed by atoms with Crippen molar-refractivity contribution in [3.63, 3.8) is 0 Å². The summed E-state index contributed by atoms with van der Waals surface area (Å²) in [7, 11) is 0. The van der Waals surface area contributed by atoms with Crippen molar-refractivity contribution in [1.29, 1.82) is 0 Å². The normalized spacial score (nSPS) is 11.0. The van der Waals surface area contributed by atoms with Crippen LogP contribution < -0.4 is 0 Å². The zero-order valence-corrected chi connectivity index (χ0v) is 27.8. The predicted molar refractivity (Wildman–Crippen MR) is 203 cm³/mol. The van der Waals surface area contributed by atoms with Gasteiger partial charge in [0.05, 0.1) is 0 Å². The second-order valence-electron chi connectivity index (χ2n) is 12.3. The highest BCUT2D eigenvalue weighted by atomic mass is 15.0. The van der Waals surface area contributed by atoms with Crippen LogP contribution in [0.3, 0.4) is 0 Å². The molecular formula is C45H33N5. The summed E-state index contributed by atoms with van der Waals surface area (Å²) in [5, 5.41) is 0. The summed E-state index contributed by atoms with van der Waals surface area (Å²) in [5.41, 5.74) is 12.5. The van der Waals surface area contributed by atoms with Crippen LogP contribution in [-0.2, 0) is 0 Å². The van der Waals surface area contributed by atoms with Crippen molar-refractivity contribution in [3.8, 4) is 78.9 Å². The molecule has 238 valence electrons. The van der Waals surface area contributed by atoms with Gasteiger partial charge in [-0.2, -0.15) is 0 Å². The maximum atomic E-state index is 4.99. The minimum Gasteiger partial charge on any atom is -0.233 e. The van der Waals surface area contributed by atoms with Gasteiger partial charge >= 0.3 is 0 Å². The second kappa shape index (κ2) is 13.5. The van der Waals surface area contributed by atoms with Crippen molar-refractivity contribution in [2.24, 2.45) is 0 Å². The van der Waals surface area contributed by atoms with Crippen LogP contribution in [0.5, 0.6) is 0 Å². The monoisotopic (exact) mass is 643 g/mol. The van der Waals surface area contributed by atoms with Crippen LogP contribution in [0, 0.1) is 13.8 Å². The molecule has 0 saturated carbocycles. The molecule has 0 fully saturated rings. The number of aromatic nitrogens is 5. The molecule has 5 heteroatoms. The maximum absolute atomic E-state index is 4.99. The van der Waals surface area contributed by atoms with Gasteiger partial charge < -0.3 is 0 Å². The van der Waals surface area contributed by atoms with Gasteiger partial charge in [-0.25, -0.2) is 24.9 Å². The lowest BCUT2D eigenvalue weighted by Crippen LogP contribution is -2.00. The fourth-order valence-electron chi connectivity index (χ4n) is 6.13. The van der Waals surface area contributed by atoms with Gasteiger partial charge in [0.15, 0.2) is 23.3 Å². The molecule has 8 aromatic rings. The molecule has 0 saturated heterocycles. The lowest BCUT2D eigenvalue weighted by Gasteiger charge is -2.10. The minimum absolute atomic E-state index is 0.623. The quantitative estimate of drug-likeness (QED) is 0.173. The van der Waals surface area contributed by atoms with Crippen LogP contribution in [0.4, 0.5) is 0 Å². The van der Waals surface area contributed by atoms with Crippen LogP contribution in [0.2, 0.25) is 0 Å². The number of rotatable bonds is 7. The molecule has 50 heavy (non-hydrogen) atoms. The van der Waals surface area contributed by atoms with E-state index in [4.69, 9.17) is 15.0 Å². The molecule has 0 atom stereocenters. The highest BCUT2D eigenvalue weighted by Gasteiger charge is 2.14. The van der Waals surface area contributed by atoms with Crippen molar-refractivity contribution in [3.05, 3.63) is 175 Å². The van der Waals surface area contributed by atoms with Crippen LogP contribution in [-0.4, -0.2) is 24.9 Å². The van der Waals surface area contributed by atoms with Crippen molar-refractivity contribution >= 4 is 0 Å². The molecule has 0 amide bonds. The Morgan fingerprint density at radius 1 is 0.240 bits per heavy atom. The van der Waals surface area contributed by atoms with E-state index in [9.17, 15) is 0 Å². The molecule has 6 aromatic carbocycles. The van der Waals surface area contributed by atoms with Crippen molar-refractivity contribution in [1.82, 2.24) is 24.9 Å². The van der Waals surface area contributed by atoms with E-state index in [2.05, 4.69) is 156 Å². The Morgan fingerprint density at radius 2 is 0.460 bits per heavy atom. The number of hydrogen-bond donors (Lipinski definition) is 0. The molecule has 8 rings (SSSR count). The molecule has 5 nitrogen and oxygen atoms in total. The van der Waals surface area contributed by atoms with Crippen molar-refractivity contribution < 1.29 is 0 Å². The summed E-state index contributed by atoms with van der Waals surface area (Å²) in [5.74, 6) is 2.63. The molecule has 2 aromatic heterocycles. The molecule has 0 N–H and O–H groups in total. The van der Waals surface area contributed by atoms with Gasteiger partial charge in [-0.3, -0.25) is 0 Å². The summed E-state index contributed by atoms with van der Waals surface area (Å²) in [4.78, 5) is 24.2. The summed E-state index contributed by atoms with van der Waals surface area (Å²) >= 11 is 0. The van der Waals surface area contributed by atoms with Gasteiger partial charge in [0.2, 0.25) is 0 Å². The van der Waals surface area contributed by atoms with Crippen LogP contribution in [0.15, 0.2) is 164 Å². The molecule has 2 heterocycles. The summed E-state index contributed by atoms with van der Waals surface area (Å²) < 4.78 is 0. The molecule has 0 unspecified atom stereocenters. The summed E-state index contributed by atoms with van der Waals surface area (Å²) in [6.45, 7) is 3.99.